The van der Waals surface area contributed by atoms with Gasteiger partial charge in [0.2, 0.25) is 0 Å². The lowest BCUT2D eigenvalue weighted by atomic mass is 10.2. The van der Waals surface area contributed by atoms with Gasteiger partial charge < -0.3 is 10.6 Å². The summed E-state index contributed by atoms with van der Waals surface area (Å²) in [5.41, 5.74) is 1.39. The molecule has 0 unspecified atom stereocenters. The van der Waals surface area contributed by atoms with Gasteiger partial charge in [-0.3, -0.25) is 4.79 Å². The van der Waals surface area contributed by atoms with Gasteiger partial charge in [-0.2, -0.15) is 0 Å². The Bertz CT molecular complexity index is 659. The topological polar surface area (TPSA) is 58.2 Å². The van der Waals surface area contributed by atoms with E-state index in [1.807, 2.05) is 0 Å². The number of halogens is 2. The first-order valence-electron chi connectivity index (χ1n) is 5.67. The lowest BCUT2D eigenvalue weighted by Crippen LogP contribution is -2.19. The van der Waals surface area contributed by atoms with E-state index in [1.165, 1.54) is 0 Å². The fourth-order valence-corrected chi connectivity index (χ4v) is 1.90. The summed E-state index contributed by atoms with van der Waals surface area (Å²) in [5.74, 6) is 0. The molecule has 2 aromatic rings. The first-order chi connectivity index (χ1) is 9.58. The van der Waals surface area contributed by atoms with Gasteiger partial charge in [-0.15, -0.1) is 0 Å². The number of carbonyl (C=O) groups is 2. The minimum absolute atomic E-state index is 0.381. The van der Waals surface area contributed by atoms with Gasteiger partial charge in [0.15, 0.2) is 0 Å². The highest BCUT2D eigenvalue weighted by molar-refractivity contribution is 6.35. The Morgan fingerprint density at radius 1 is 1.05 bits per heavy atom. The molecular weight excluding hydrogens is 299 g/mol. The number of rotatable bonds is 3. The van der Waals surface area contributed by atoms with Crippen LogP contribution in [0, 0.1) is 0 Å². The van der Waals surface area contributed by atoms with Crippen LogP contribution in [0.2, 0.25) is 10.0 Å². The maximum absolute atomic E-state index is 11.8. The van der Waals surface area contributed by atoms with Crippen LogP contribution in [-0.4, -0.2) is 12.3 Å². The van der Waals surface area contributed by atoms with Crippen molar-refractivity contribution in [1.29, 1.82) is 0 Å². The molecule has 0 aliphatic heterocycles. The summed E-state index contributed by atoms with van der Waals surface area (Å²) in [6, 6.07) is 10.8. The Morgan fingerprint density at radius 2 is 1.85 bits per heavy atom. The molecule has 0 aliphatic carbocycles. The number of nitrogens with one attached hydrogen (secondary N) is 2. The van der Waals surface area contributed by atoms with Gasteiger partial charge in [0.05, 0.1) is 10.7 Å². The maximum Gasteiger partial charge on any atom is 0.323 e. The number of urea groups is 1. The van der Waals surface area contributed by atoms with Crippen LogP contribution in [0.25, 0.3) is 0 Å². The molecule has 2 amide bonds. The van der Waals surface area contributed by atoms with Gasteiger partial charge in [-0.05, 0) is 30.3 Å². The molecule has 102 valence electrons. The van der Waals surface area contributed by atoms with Crippen molar-refractivity contribution >= 4 is 46.9 Å². The molecule has 0 saturated heterocycles. The van der Waals surface area contributed by atoms with Crippen LogP contribution in [0.1, 0.15) is 10.4 Å². The third-order valence-corrected chi connectivity index (χ3v) is 3.02. The first-order valence-corrected chi connectivity index (χ1v) is 6.42. The second kappa shape index (κ2) is 6.41. The lowest BCUT2D eigenvalue weighted by molar-refractivity contribution is 0.112. The zero-order chi connectivity index (χ0) is 14.5. The van der Waals surface area contributed by atoms with E-state index in [0.717, 1.165) is 0 Å². The van der Waals surface area contributed by atoms with Crippen LogP contribution in [-0.2, 0) is 0 Å². The minimum atomic E-state index is -0.475. The van der Waals surface area contributed by atoms with Gasteiger partial charge in [0, 0.05) is 16.3 Å². The molecular formula is C14H10Cl2N2O2. The van der Waals surface area contributed by atoms with Gasteiger partial charge in [0.1, 0.15) is 6.29 Å². The molecule has 0 saturated carbocycles. The van der Waals surface area contributed by atoms with Crippen LogP contribution >= 0.6 is 23.2 Å². The second-order valence-corrected chi connectivity index (χ2v) is 4.79. The van der Waals surface area contributed by atoms with E-state index >= 15 is 0 Å². The minimum Gasteiger partial charge on any atom is -0.308 e. The number of amides is 2. The molecule has 20 heavy (non-hydrogen) atoms. The summed E-state index contributed by atoms with van der Waals surface area (Å²) in [6.07, 6.45) is 0.705. The number of benzene rings is 2. The Hall–Kier alpha value is -2.04. The predicted octanol–water partition coefficient (Wildman–Crippen LogP) is 4.45. The predicted molar refractivity (Wildman–Crippen MR) is 80.9 cm³/mol. The summed E-state index contributed by atoms with van der Waals surface area (Å²) in [6.45, 7) is 0. The zero-order valence-electron chi connectivity index (χ0n) is 10.2. The van der Waals surface area contributed by atoms with Crippen molar-refractivity contribution in [2.75, 3.05) is 10.6 Å². The third-order valence-electron chi connectivity index (χ3n) is 2.46. The Morgan fingerprint density at radius 3 is 2.60 bits per heavy atom. The molecule has 0 heterocycles. The molecule has 0 radical (unpaired) electrons. The second-order valence-electron chi connectivity index (χ2n) is 3.95. The van der Waals surface area contributed by atoms with Gasteiger partial charge >= 0.3 is 6.03 Å². The van der Waals surface area contributed by atoms with E-state index in [2.05, 4.69) is 10.6 Å². The van der Waals surface area contributed by atoms with Crippen molar-refractivity contribution < 1.29 is 9.59 Å². The fourth-order valence-electron chi connectivity index (χ4n) is 1.57. The van der Waals surface area contributed by atoms with E-state index in [9.17, 15) is 9.59 Å². The molecule has 0 aromatic heterocycles. The van der Waals surface area contributed by atoms with Crippen molar-refractivity contribution in [1.82, 2.24) is 0 Å². The van der Waals surface area contributed by atoms with Crippen molar-refractivity contribution in [2.24, 2.45) is 0 Å². The number of hydrogen-bond donors (Lipinski definition) is 2. The van der Waals surface area contributed by atoms with Crippen LogP contribution in [0.4, 0.5) is 16.2 Å². The molecule has 0 spiro atoms. The molecule has 6 heteroatoms. The average molecular weight is 309 g/mol. The molecule has 0 atom stereocenters. The zero-order valence-corrected chi connectivity index (χ0v) is 11.7. The van der Waals surface area contributed by atoms with Crippen LogP contribution < -0.4 is 10.6 Å². The summed E-state index contributed by atoms with van der Waals surface area (Å²) in [7, 11) is 0. The quantitative estimate of drug-likeness (QED) is 0.823. The smallest absolute Gasteiger partial charge is 0.308 e. The van der Waals surface area contributed by atoms with E-state index in [1.54, 1.807) is 42.5 Å². The van der Waals surface area contributed by atoms with E-state index in [4.69, 9.17) is 23.2 Å². The molecule has 0 fully saturated rings. The monoisotopic (exact) mass is 308 g/mol. The van der Waals surface area contributed by atoms with E-state index in [-0.39, 0.29) is 0 Å². The lowest BCUT2D eigenvalue weighted by Gasteiger charge is -2.09. The molecule has 2 aromatic carbocycles. The van der Waals surface area contributed by atoms with Gasteiger partial charge in [-0.1, -0.05) is 35.3 Å². The summed E-state index contributed by atoms with van der Waals surface area (Å²) < 4.78 is 0. The number of aldehydes is 1. The fraction of sp³-hybridized carbons (Fsp3) is 0. The van der Waals surface area contributed by atoms with Crippen molar-refractivity contribution in [3.8, 4) is 0 Å². The summed E-state index contributed by atoms with van der Waals surface area (Å²) >= 11 is 11.8. The standard InChI is InChI=1S/C14H10Cl2N2O2/c15-10-4-5-12(16)13(7-10)18-14(20)17-11-3-1-2-9(6-11)8-19/h1-8H,(H2,17,18,20). The summed E-state index contributed by atoms with van der Waals surface area (Å²) in [5, 5.41) is 6.03. The SMILES string of the molecule is O=Cc1cccc(NC(=O)Nc2cc(Cl)ccc2Cl)c1. The van der Waals surface area contributed by atoms with Crippen LogP contribution in [0.3, 0.4) is 0 Å². The third kappa shape index (κ3) is 3.73. The first kappa shape index (κ1) is 14.4. The Kier molecular flexibility index (Phi) is 4.61. The number of anilines is 2. The van der Waals surface area contributed by atoms with Crippen LogP contribution in [0.5, 0.6) is 0 Å². The van der Waals surface area contributed by atoms with Crippen molar-refractivity contribution in [3.63, 3.8) is 0 Å². The molecule has 2 rings (SSSR count). The Balaban J connectivity index is 2.08. The number of carbonyl (C=O) groups excluding carboxylic acids is 2. The number of hydrogen-bond acceptors (Lipinski definition) is 2. The van der Waals surface area contributed by atoms with Crippen molar-refractivity contribution in [2.45, 2.75) is 0 Å². The largest absolute Gasteiger partial charge is 0.323 e. The van der Waals surface area contributed by atoms with E-state index < -0.39 is 6.03 Å². The molecule has 0 aliphatic rings. The highest BCUT2D eigenvalue weighted by Gasteiger charge is 2.07. The summed E-state index contributed by atoms with van der Waals surface area (Å²) in [4.78, 5) is 22.5. The van der Waals surface area contributed by atoms with Crippen molar-refractivity contribution in [3.05, 3.63) is 58.1 Å². The molecule has 0 bridgehead atoms. The normalized spacial score (nSPS) is 9.90. The maximum atomic E-state index is 11.8. The Labute approximate surface area is 125 Å². The molecule has 2 N–H and O–H groups in total. The van der Waals surface area contributed by atoms with Gasteiger partial charge in [-0.25, -0.2) is 4.79 Å². The van der Waals surface area contributed by atoms with E-state index in [0.29, 0.717) is 33.3 Å². The highest BCUT2D eigenvalue weighted by Crippen LogP contribution is 2.25. The van der Waals surface area contributed by atoms with Crippen LogP contribution in [0.15, 0.2) is 42.5 Å². The molecule has 4 nitrogen and oxygen atoms in total. The van der Waals surface area contributed by atoms with Gasteiger partial charge in [0.25, 0.3) is 0 Å². The highest BCUT2D eigenvalue weighted by atomic mass is 35.5. The average Bonchev–Trinajstić information content (AvgIpc) is 2.43.